The Hall–Kier alpha value is -3.49. The Morgan fingerprint density at radius 1 is 1.15 bits per heavy atom. The first-order valence-electron chi connectivity index (χ1n) is 8.03. The molecule has 9 heteroatoms. The Bertz CT molecular complexity index is 813. The van der Waals surface area contributed by atoms with Crippen LogP contribution >= 0.6 is 0 Å². The summed E-state index contributed by atoms with van der Waals surface area (Å²) in [6.07, 6.45) is 0.445. The lowest BCUT2D eigenvalue weighted by Crippen LogP contribution is -2.21. The van der Waals surface area contributed by atoms with Crippen LogP contribution in [0.15, 0.2) is 48.5 Å². The summed E-state index contributed by atoms with van der Waals surface area (Å²) in [5, 5.41) is 12.8. The molecule has 27 heavy (non-hydrogen) atoms. The van der Waals surface area contributed by atoms with Gasteiger partial charge in [-0.3, -0.25) is 19.7 Å². The van der Waals surface area contributed by atoms with Crippen LogP contribution < -0.4 is 10.1 Å². The second kappa shape index (κ2) is 9.85. The number of hydrogen-bond acceptors (Lipinski definition) is 6. The van der Waals surface area contributed by atoms with Crippen LogP contribution in [0, 0.1) is 15.9 Å². The average molecular weight is 376 g/mol. The summed E-state index contributed by atoms with van der Waals surface area (Å²) in [5.41, 5.74) is -0.733. The number of nitrogens with one attached hydrogen (secondary N) is 1. The van der Waals surface area contributed by atoms with Crippen molar-refractivity contribution in [3.8, 4) is 5.75 Å². The number of amides is 1. The zero-order valence-electron chi connectivity index (χ0n) is 14.2. The number of halogens is 1. The van der Waals surface area contributed by atoms with Gasteiger partial charge in [-0.15, -0.1) is 0 Å². The van der Waals surface area contributed by atoms with Gasteiger partial charge in [0.15, 0.2) is 6.61 Å². The molecule has 0 unspecified atom stereocenters. The predicted molar refractivity (Wildman–Crippen MR) is 93.8 cm³/mol. The lowest BCUT2D eigenvalue weighted by Gasteiger charge is -2.08. The molecular formula is C18H17FN2O6. The predicted octanol–water partition coefficient (Wildman–Crippen LogP) is 3.07. The molecule has 0 radical (unpaired) electrons. The highest BCUT2D eigenvalue weighted by atomic mass is 19.1. The monoisotopic (exact) mass is 376 g/mol. The molecule has 0 aliphatic heterocycles. The number of non-ortho nitro benzene ring substituents is 1. The van der Waals surface area contributed by atoms with Gasteiger partial charge in [0.25, 0.3) is 11.6 Å². The van der Waals surface area contributed by atoms with E-state index in [0.717, 1.165) is 18.2 Å². The third-order valence-electron chi connectivity index (χ3n) is 3.34. The van der Waals surface area contributed by atoms with Gasteiger partial charge in [-0.25, -0.2) is 4.39 Å². The largest absolute Gasteiger partial charge is 0.494 e. The first-order valence-corrected chi connectivity index (χ1v) is 8.03. The minimum absolute atomic E-state index is 0.0469. The van der Waals surface area contributed by atoms with Crippen molar-refractivity contribution in [3.05, 3.63) is 64.5 Å². The van der Waals surface area contributed by atoms with Crippen LogP contribution in [0.5, 0.6) is 5.75 Å². The molecule has 0 bridgehead atoms. The average Bonchev–Trinajstić information content (AvgIpc) is 2.66. The molecule has 8 nitrogen and oxygen atoms in total. The molecule has 0 aromatic heterocycles. The van der Waals surface area contributed by atoms with Crippen molar-refractivity contribution in [1.82, 2.24) is 0 Å². The minimum Gasteiger partial charge on any atom is -0.494 e. The van der Waals surface area contributed by atoms with Crippen molar-refractivity contribution in [1.29, 1.82) is 0 Å². The van der Waals surface area contributed by atoms with E-state index >= 15 is 0 Å². The van der Waals surface area contributed by atoms with E-state index in [1.165, 1.54) is 0 Å². The van der Waals surface area contributed by atoms with Crippen LogP contribution in [-0.4, -0.2) is 30.0 Å². The van der Waals surface area contributed by atoms with Gasteiger partial charge in [-0.1, -0.05) is 18.2 Å². The molecule has 0 saturated heterocycles. The number of rotatable bonds is 9. The van der Waals surface area contributed by atoms with Crippen LogP contribution in [0.4, 0.5) is 15.8 Å². The van der Waals surface area contributed by atoms with Crippen LogP contribution in [0.3, 0.4) is 0 Å². The molecular weight excluding hydrogens is 359 g/mol. The standard InChI is InChI=1S/C18H17FN2O6/c19-15-9-8-13(21(24)25)11-16(15)20-17(22)12-27-18(23)7-4-10-26-14-5-2-1-3-6-14/h1-3,5-6,8-9,11H,4,7,10,12H2,(H,20,22). The highest BCUT2D eigenvalue weighted by Gasteiger charge is 2.14. The maximum atomic E-state index is 13.6. The van der Waals surface area contributed by atoms with Crippen molar-refractivity contribution in [2.24, 2.45) is 0 Å². The molecule has 2 aromatic rings. The molecule has 0 saturated carbocycles. The highest BCUT2D eigenvalue weighted by molar-refractivity contribution is 5.93. The van der Waals surface area contributed by atoms with E-state index in [1.54, 1.807) is 12.1 Å². The van der Waals surface area contributed by atoms with E-state index < -0.39 is 29.2 Å². The van der Waals surface area contributed by atoms with E-state index in [-0.39, 0.29) is 17.8 Å². The lowest BCUT2D eigenvalue weighted by atomic mass is 10.2. The molecule has 2 aromatic carbocycles. The molecule has 142 valence electrons. The number of carbonyl (C=O) groups excluding carboxylic acids is 2. The Labute approximate surface area is 154 Å². The maximum absolute atomic E-state index is 13.6. The normalized spacial score (nSPS) is 10.1. The Morgan fingerprint density at radius 3 is 2.59 bits per heavy atom. The van der Waals surface area contributed by atoms with Gasteiger partial charge < -0.3 is 14.8 Å². The molecule has 0 fully saturated rings. The van der Waals surface area contributed by atoms with Crippen molar-refractivity contribution in [2.45, 2.75) is 12.8 Å². The molecule has 0 spiro atoms. The number of ether oxygens (including phenoxy) is 2. The zero-order chi connectivity index (χ0) is 19.6. The number of benzene rings is 2. The van der Waals surface area contributed by atoms with Gasteiger partial charge in [-0.05, 0) is 24.6 Å². The summed E-state index contributed by atoms with van der Waals surface area (Å²) in [6, 6.07) is 11.8. The van der Waals surface area contributed by atoms with Crippen LogP contribution in [0.25, 0.3) is 0 Å². The lowest BCUT2D eigenvalue weighted by molar-refractivity contribution is -0.384. The SMILES string of the molecule is O=C(COC(=O)CCCOc1ccccc1)Nc1cc([N+](=O)[O-])ccc1F. The number of carbonyl (C=O) groups is 2. The van der Waals surface area contributed by atoms with Crippen molar-refractivity contribution in [3.63, 3.8) is 0 Å². The fourth-order valence-electron chi connectivity index (χ4n) is 2.05. The number of nitro groups is 1. The third kappa shape index (κ3) is 6.73. The first kappa shape index (κ1) is 19.8. The van der Waals surface area contributed by atoms with E-state index in [9.17, 15) is 24.1 Å². The van der Waals surface area contributed by atoms with Gasteiger partial charge in [0.05, 0.1) is 17.2 Å². The van der Waals surface area contributed by atoms with Crippen molar-refractivity contribution < 1.29 is 28.4 Å². The maximum Gasteiger partial charge on any atom is 0.306 e. The molecule has 0 heterocycles. The fourth-order valence-corrected chi connectivity index (χ4v) is 2.05. The molecule has 0 aliphatic rings. The molecule has 0 aliphatic carbocycles. The summed E-state index contributed by atoms with van der Waals surface area (Å²) >= 11 is 0. The topological polar surface area (TPSA) is 108 Å². The Balaban J connectivity index is 1.70. The summed E-state index contributed by atoms with van der Waals surface area (Å²) in [6.45, 7) is -0.315. The smallest absolute Gasteiger partial charge is 0.306 e. The Kier molecular flexibility index (Phi) is 7.24. The summed E-state index contributed by atoms with van der Waals surface area (Å²) in [5.74, 6) is -1.56. The second-order valence-electron chi connectivity index (χ2n) is 5.40. The first-order chi connectivity index (χ1) is 13.0. The van der Waals surface area contributed by atoms with Crippen LogP contribution in [-0.2, 0) is 14.3 Å². The summed E-state index contributed by atoms with van der Waals surface area (Å²) in [7, 11) is 0. The number of esters is 1. The Morgan fingerprint density at radius 2 is 1.89 bits per heavy atom. The van der Waals surface area contributed by atoms with Gasteiger partial charge in [-0.2, -0.15) is 0 Å². The van der Waals surface area contributed by atoms with Crippen LogP contribution in [0.2, 0.25) is 0 Å². The van der Waals surface area contributed by atoms with E-state index in [2.05, 4.69) is 5.32 Å². The zero-order valence-corrected chi connectivity index (χ0v) is 14.2. The number of hydrogen-bond donors (Lipinski definition) is 1. The molecule has 1 amide bonds. The number of para-hydroxylation sites is 1. The number of anilines is 1. The van der Waals surface area contributed by atoms with E-state index in [0.29, 0.717) is 18.8 Å². The highest BCUT2D eigenvalue weighted by Crippen LogP contribution is 2.21. The molecule has 2 rings (SSSR count). The fraction of sp³-hybridized carbons (Fsp3) is 0.222. The third-order valence-corrected chi connectivity index (χ3v) is 3.34. The second-order valence-corrected chi connectivity index (χ2v) is 5.40. The molecule has 1 N–H and O–H groups in total. The number of nitro benzene ring substituents is 1. The van der Waals surface area contributed by atoms with Gasteiger partial charge in [0, 0.05) is 18.6 Å². The number of nitrogens with zero attached hydrogens (tertiary/aromatic N) is 1. The van der Waals surface area contributed by atoms with E-state index in [1.807, 2.05) is 18.2 Å². The van der Waals surface area contributed by atoms with Crippen molar-refractivity contribution in [2.75, 3.05) is 18.5 Å². The summed E-state index contributed by atoms with van der Waals surface area (Å²) in [4.78, 5) is 33.3. The molecule has 0 atom stereocenters. The minimum atomic E-state index is -0.835. The van der Waals surface area contributed by atoms with Gasteiger partial charge >= 0.3 is 5.97 Å². The van der Waals surface area contributed by atoms with Crippen LogP contribution in [0.1, 0.15) is 12.8 Å². The van der Waals surface area contributed by atoms with Gasteiger partial charge in [0.1, 0.15) is 11.6 Å². The van der Waals surface area contributed by atoms with Crippen molar-refractivity contribution >= 4 is 23.3 Å². The van der Waals surface area contributed by atoms with E-state index in [4.69, 9.17) is 9.47 Å². The quantitative estimate of drug-likeness (QED) is 0.312. The summed E-state index contributed by atoms with van der Waals surface area (Å²) < 4.78 is 23.8. The van der Waals surface area contributed by atoms with Gasteiger partial charge in [0.2, 0.25) is 0 Å².